The first kappa shape index (κ1) is 18.9. The van der Waals surface area contributed by atoms with Crippen molar-refractivity contribution in [2.45, 2.75) is 6.42 Å². The zero-order valence-corrected chi connectivity index (χ0v) is 13.7. The van der Waals surface area contributed by atoms with Crippen LogP contribution in [0.25, 0.3) is 6.08 Å². The fourth-order valence-corrected chi connectivity index (χ4v) is 2.05. The molecular weight excluding hydrogens is 339 g/mol. The summed E-state index contributed by atoms with van der Waals surface area (Å²) in [6, 6.07) is 13.7. The van der Waals surface area contributed by atoms with E-state index in [2.05, 4.69) is 10.6 Å². The summed E-state index contributed by atoms with van der Waals surface area (Å²) in [5.74, 6) is -2.61. The van der Waals surface area contributed by atoms with Crippen LogP contribution in [0.5, 0.6) is 0 Å². The van der Waals surface area contributed by atoms with Crippen LogP contribution in [0.2, 0.25) is 0 Å². The Hall–Kier alpha value is -3.48. The summed E-state index contributed by atoms with van der Waals surface area (Å²) in [6.45, 7) is -0.0872. The summed E-state index contributed by atoms with van der Waals surface area (Å²) in [5, 5.41) is 13.6. The van der Waals surface area contributed by atoms with Gasteiger partial charge in [0.05, 0.1) is 6.42 Å². The van der Waals surface area contributed by atoms with Crippen LogP contribution in [-0.2, 0) is 9.59 Å². The molecule has 2 aromatic carbocycles. The van der Waals surface area contributed by atoms with Gasteiger partial charge >= 0.3 is 5.97 Å². The van der Waals surface area contributed by atoms with E-state index in [1.807, 2.05) is 0 Å². The minimum absolute atomic E-state index is 0.0733. The number of rotatable bonds is 7. The predicted molar refractivity (Wildman–Crippen MR) is 93.5 cm³/mol. The number of carbonyl (C=O) groups is 3. The molecule has 26 heavy (non-hydrogen) atoms. The van der Waals surface area contributed by atoms with Crippen molar-refractivity contribution in [2.75, 3.05) is 6.54 Å². The molecule has 2 aromatic rings. The molecule has 0 saturated heterocycles. The van der Waals surface area contributed by atoms with Crippen LogP contribution in [-0.4, -0.2) is 29.4 Å². The third-order valence-corrected chi connectivity index (χ3v) is 3.33. The quantitative estimate of drug-likeness (QED) is 0.663. The van der Waals surface area contributed by atoms with Crippen molar-refractivity contribution in [3.63, 3.8) is 0 Å². The Kier molecular flexibility index (Phi) is 6.61. The van der Waals surface area contributed by atoms with Crippen LogP contribution in [0, 0.1) is 5.82 Å². The second-order valence-electron chi connectivity index (χ2n) is 5.33. The number of carboxylic acid groups (broad SMARTS) is 1. The van der Waals surface area contributed by atoms with Gasteiger partial charge in [0, 0.05) is 12.1 Å². The molecule has 3 N–H and O–H groups in total. The molecule has 0 spiro atoms. The summed E-state index contributed by atoms with van der Waals surface area (Å²) in [4.78, 5) is 35.2. The average molecular weight is 356 g/mol. The van der Waals surface area contributed by atoms with E-state index in [1.54, 1.807) is 30.3 Å². The van der Waals surface area contributed by atoms with E-state index in [0.29, 0.717) is 11.1 Å². The van der Waals surface area contributed by atoms with Crippen molar-refractivity contribution in [1.82, 2.24) is 10.6 Å². The molecule has 7 heteroatoms. The van der Waals surface area contributed by atoms with Crippen LogP contribution in [0.1, 0.15) is 22.3 Å². The highest BCUT2D eigenvalue weighted by Crippen LogP contribution is 2.09. The lowest BCUT2D eigenvalue weighted by molar-refractivity contribution is -0.136. The first-order valence-corrected chi connectivity index (χ1v) is 7.79. The summed E-state index contributed by atoms with van der Waals surface area (Å²) in [6.07, 6.45) is 1.14. The van der Waals surface area contributed by atoms with Gasteiger partial charge in [0.1, 0.15) is 11.5 Å². The molecule has 0 unspecified atom stereocenters. The van der Waals surface area contributed by atoms with E-state index in [4.69, 9.17) is 5.11 Å². The van der Waals surface area contributed by atoms with Gasteiger partial charge in [-0.1, -0.05) is 30.3 Å². The van der Waals surface area contributed by atoms with Gasteiger partial charge in [-0.25, -0.2) is 4.39 Å². The molecule has 0 atom stereocenters. The third kappa shape index (κ3) is 5.86. The molecule has 134 valence electrons. The Morgan fingerprint density at radius 3 is 2.27 bits per heavy atom. The highest BCUT2D eigenvalue weighted by atomic mass is 19.1. The number of aliphatic carboxylic acids is 1. The van der Waals surface area contributed by atoms with Crippen molar-refractivity contribution in [1.29, 1.82) is 0 Å². The number of nitrogens with one attached hydrogen (secondary N) is 2. The predicted octanol–water partition coefficient (Wildman–Crippen LogP) is 2.19. The summed E-state index contributed by atoms with van der Waals surface area (Å²) in [5.41, 5.74) is 0.787. The molecule has 2 rings (SSSR count). The van der Waals surface area contributed by atoms with Gasteiger partial charge in [-0.15, -0.1) is 0 Å². The fraction of sp³-hybridized carbons (Fsp3) is 0.105. The Morgan fingerprint density at radius 2 is 1.65 bits per heavy atom. The number of carbonyl (C=O) groups excluding carboxylic acids is 2. The largest absolute Gasteiger partial charge is 0.481 e. The lowest BCUT2D eigenvalue weighted by Gasteiger charge is -2.11. The van der Waals surface area contributed by atoms with Gasteiger partial charge < -0.3 is 15.7 Å². The van der Waals surface area contributed by atoms with Gasteiger partial charge in [-0.3, -0.25) is 14.4 Å². The van der Waals surface area contributed by atoms with Crippen molar-refractivity contribution in [2.24, 2.45) is 0 Å². The van der Waals surface area contributed by atoms with E-state index >= 15 is 0 Å². The summed E-state index contributed by atoms with van der Waals surface area (Å²) >= 11 is 0. The molecule has 0 aliphatic carbocycles. The van der Waals surface area contributed by atoms with E-state index in [9.17, 15) is 18.8 Å². The van der Waals surface area contributed by atoms with Gasteiger partial charge in [0.2, 0.25) is 0 Å². The van der Waals surface area contributed by atoms with Gasteiger partial charge in [-0.05, 0) is 35.9 Å². The Morgan fingerprint density at radius 1 is 1.00 bits per heavy atom. The third-order valence-electron chi connectivity index (χ3n) is 3.33. The minimum atomic E-state index is -1.05. The van der Waals surface area contributed by atoms with Gasteiger partial charge in [-0.2, -0.15) is 0 Å². The van der Waals surface area contributed by atoms with Crippen molar-refractivity contribution in [3.05, 3.63) is 77.2 Å². The normalized spacial score (nSPS) is 10.9. The van der Waals surface area contributed by atoms with Crippen molar-refractivity contribution in [3.8, 4) is 0 Å². The first-order valence-electron chi connectivity index (χ1n) is 7.79. The Labute approximate surface area is 149 Å². The van der Waals surface area contributed by atoms with Crippen LogP contribution in [0.3, 0.4) is 0 Å². The standard InChI is InChI=1S/C19H17FN2O4/c20-15-8-6-13(7-9-15)12-16(19(26)21-11-10-17(23)24)22-18(25)14-4-2-1-3-5-14/h1-9,12H,10-11H2,(H,21,26)(H,22,25)(H,23,24). The van der Waals surface area contributed by atoms with Crippen LogP contribution in [0.4, 0.5) is 4.39 Å². The second kappa shape index (κ2) is 9.12. The summed E-state index contributed by atoms with van der Waals surface area (Å²) in [7, 11) is 0. The molecule has 2 amide bonds. The zero-order chi connectivity index (χ0) is 18.9. The number of carboxylic acids is 1. The molecule has 0 fully saturated rings. The summed E-state index contributed by atoms with van der Waals surface area (Å²) < 4.78 is 13.0. The fourth-order valence-electron chi connectivity index (χ4n) is 2.05. The van der Waals surface area contributed by atoms with E-state index in [0.717, 1.165) is 0 Å². The maximum Gasteiger partial charge on any atom is 0.305 e. The maximum atomic E-state index is 13.0. The lowest BCUT2D eigenvalue weighted by atomic mass is 10.1. The molecule has 0 radical (unpaired) electrons. The lowest BCUT2D eigenvalue weighted by Crippen LogP contribution is -2.35. The van der Waals surface area contributed by atoms with E-state index in [1.165, 1.54) is 30.3 Å². The minimum Gasteiger partial charge on any atom is -0.481 e. The van der Waals surface area contributed by atoms with Gasteiger partial charge in [0.25, 0.3) is 11.8 Å². The van der Waals surface area contributed by atoms with Crippen LogP contribution >= 0.6 is 0 Å². The monoisotopic (exact) mass is 356 g/mol. The second-order valence-corrected chi connectivity index (χ2v) is 5.33. The molecule has 0 aliphatic rings. The first-order chi connectivity index (χ1) is 12.5. The highest BCUT2D eigenvalue weighted by Gasteiger charge is 2.14. The average Bonchev–Trinajstić information content (AvgIpc) is 2.63. The smallest absolute Gasteiger partial charge is 0.305 e. The van der Waals surface area contributed by atoms with E-state index < -0.39 is 23.6 Å². The Balaban J connectivity index is 2.20. The Bertz CT molecular complexity index is 817. The highest BCUT2D eigenvalue weighted by molar-refractivity contribution is 6.05. The molecule has 0 heterocycles. The number of amides is 2. The topological polar surface area (TPSA) is 95.5 Å². The molecule has 6 nitrogen and oxygen atoms in total. The molecular formula is C19H17FN2O4. The van der Waals surface area contributed by atoms with Crippen molar-refractivity contribution < 1.29 is 23.9 Å². The molecule has 0 aromatic heterocycles. The van der Waals surface area contributed by atoms with Gasteiger partial charge in [0.15, 0.2) is 0 Å². The number of hydrogen-bond acceptors (Lipinski definition) is 3. The zero-order valence-electron chi connectivity index (χ0n) is 13.7. The number of benzene rings is 2. The van der Waals surface area contributed by atoms with E-state index in [-0.39, 0.29) is 18.7 Å². The number of halogens is 1. The molecule has 0 aliphatic heterocycles. The molecule has 0 bridgehead atoms. The van der Waals surface area contributed by atoms with Crippen molar-refractivity contribution >= 4 is 23.9 Å². The van der Waals surface area contributed by atoms with Crippen LogP contribution in [0.15, 0.2) is 60.3 Å². The maximum absolute atomic E-state index is 13.0. The molecule has 0 saturated carbocycles. The van der Waals surface area contributed by atoms with Crippen LogP contribution < -0.4 is 10.6 Å². The SMILES string of the molecule is O=C(O)CCNC(=O)C(=Cc1ccc(F)cc1)NC(=O)c1ccccc1. The number of hydrogen-bond donors (Lipinski definition) is 3.